The number of ether oxygens (including phenoxy) is 2. The van der Waals surface area contributed by atoms with Crippen LogP contribution in [0, 0.1) is 0 Å². The molecule has 2 N–H and O–H groups in total. The Hall–Kier alpha value is -4.30. The Kier molecular flexibility index (Phi) is 7.32. The summed E-state index contributed by atoms with van der Waals surface area (Å²) in [5.74, 6) is 0.807. The highest BCUT2D eigenvalue weighted by Crippen LogP contribution is 2.26. The van der Waals surface area contributed by atoms with Gasteiger partial charge in [-0.05, 0) is 66.2 Å². The van der Waals surface area contributed by atoms with Gasteiger partial charge in [0.05, 0.1) is 23.4 Å². The van der Waals surface area contributed by atoms with Crippen molar-refractivity contribution in [1.29, 1.82) is 0 Å². The summed E-state index contributed by atoms with van der Waals surface area (Å²) in [4.78, 5) is 12.9. The number of nitrogens with one attached hydrogen (secondary N) is 2. The van der Waals surface area contributed by atoms with Gasteiger partial charge in [-0.1, -0.05) is 42.5 Å². The SMILES string of the molecule is COc1ccc(S(=O)(=O)Nc2ccccc2NC(=O)c2ccc(OCc3ccccc3)cc2)cc1. The zero-order valence-corrected chi connectivity index (χ0v) is 19.8. The van der Waals surface area contributed by atoms with Gasteiger partial charge in [0, 0.05) is 5.56 Å². The van der Waals surface area contributed by atoms with Crippen molar-refractivity contribution < 1.29 is 22.7 Å². The molecule has 0 aliphatic carbocycles. The predicted molar refractivity (Wildman–Crippen MR) is 135 cm³/mol. The van der Waals surface area contributed by atoms with E-state index in [9.17, 15) is 13.2 Å². The van der Waals surface area contributed by atoms with Crippen molar-refractivity contribution in [2.45, 2.75) is 11.5 Å². The summed E-state index contributed by atoms with van der Waals surface area (Å²) < 4.78 is 39.0. The van der Waals surface area contributed by atoms with Crippen LogP contribution in [0.4, 0.5) is 11.4 Å². The Morgan fingerprint density at radius 1 is 0.743 bits per heavy atom. The number of hydrogen-bond donors (Lipinski definition) is 2. The molecule has 0 saturated carbocycles. The van der Waals surface area contributed by atoms with Crippen molar-refractivity contribution in [3.8, 4) is 11.5 Å². The van der Waals surface area contributed by atoms with Crippen LogP contribution < -0.4 is 19.5 Å². The third-order valence-corrected chi connectivity index (χ3v) is 6.54. The number of carbonyl (C=O) groups excluding carboxylic acids is 1. The topological polar surface area (TPSA) is 93.7 Å². The molecule has 0 fully saturated rings. The summed E-state index contributed by atoms with van der Waals surface area (Å²) in [5.41, 5.74) is 2.03. The zero-order chi connectivity index (χ0) is 24.7. The average molecular weight is 489 g/mol. The van der Waals surface area contributed by atoms with E-state index in [2.05, 4.69) is 10.0 Å². The van der Waals surface area contributed by atoms with Gasteiger partial charge in [-0.3, -0.25) is 9.52 Å². The second-order valence-electron chi connectivity index (χ2n) is 7.58. The first-order valence-corrected chi connectivity index (χ1v) is 12.3. The maximum atomic E-state index is 12.8. The van der Waals surface area contributed by atoms with Gasteiger partial charge in [-0.15, -0.1) is 0 Å². The maximum Gasteiger partial charge on any atom is 0.261 e. The van der Waals surface area contributed by atoms with Gasteiger partial charge in [0.1, 0.15) is 18.1 Å². The largest absolute Gasteiger partial charge is 0.497 e. The van der Waals surface area contributed by atoms with Crippen LogP contribution in [0.2, 0.25) is 0 Å². The lowest BCUT2D eigenvalue weighted by Crippen LogP contribution is -2.17. The first-order chi connectivity index (χ1) is 16.9. The molecule has 0 atom stereocenters. The van der Waals surface area contributed by atoms with E-state index in [-0.39, 0.29) is 16.5 Å². The van der Waals surface area contributed by atoms with Gasteiger partial charge >= 0.3 is 0 Å². The molecule has 0 aliphatic rings. The molecule has 0 aliphatic heterocycles. The number of benzene rings is 4. The van der Waals surface area contributed by atoms with Gasteiger partial charge in [-0.25, -0.2) is 8.42 Å². The van der Waals surface area contributed by atoms with Crippen LogP contribution >= 0.6 is 0 Å². The van der Waals surface area contributed by atoms with Gasteiger partial charge in [0.25, 0.3) is 15.9 Å². The smallest absolute Gasteiger partial charge is 0.261 e. The monoisotopic (exact) mass is 488 g/mol. The van der Waals surface area contributed by atoms with Crippen LogP contribution in [0.15, 0.2) is 108 Å². The molecule has 0 saturated heterocycles. The van der Waals surface area contributed by atoms with E-state index in [1.807, 2.05) is 30.3 Å². The van der Waals surface area contributed by atoms with Crippen LogP contribution in [0.5, 0.6) is 11.5 Å². The molecule has 4 rings (SSSR count). The summed E-state index contributed by atoms with van der Waals surface area (Å²) in [5, 5.41) is 2.77. The third kappa shape index (κ3) is 6.18. The summed E-state index contributed by atoms with van der Waals surface area (Å²) in [6, 6.07) is 29.1. The lowest BCUT2D eigenvalue weighted by molar-refractivity contribution is 0.102. The van der Waals surface area contributed by atoms with Gasteiger partial charge in [0.2, 0.25) is 0 Å². The van der Waals surface area contributed by atoms with E-state index in [0.717, 1.165) is 5.56 Å². The molecular weight excluding hydrogens is 464 g/mol. The Balaban J connectivity index is 1.43. The number of anilines is 2. The average Bonchev–Trinajstić information content (AvgIpc) is 2.89. The lowest BCUT2D eigenvalue weighted by Gasteiger charge is -2.14. The summed E-state index contributed by atoms with van der Waals surface area (Å²) in [6.45, 7) is 0.425. The fourth-order valence-electron chi connectivity index (χ4n) is 3.28. The number of methoxy groups -OCH3 is 1. The van der Waals surface area contributed by atoms with Crippen molar-refractivity contribution >= 4 is 27.3 Å². The van der Waals surface area contributed by atoms with Crippen LogP contribution in [0.3, 0.4) is 0 Å². The lowest BCUT2D eigenvalue weighted by atomic mass is 10.2. The molecule has 4 aromatic rings. The minimum Gasteiger partial charge on any atom is -0.497 e. The molecule has 35 heavy (non-hydrogen) atoms. The van der Waals surface area contributed by atoms with Gasteiger partial charge < -0.3 is 14.8 Å². The zero-order valence-electron chi connectivity index (χ0n) is 19.0. The second-order valence-corrected chi connectivity index (χ2v) is 9.26. The molecule has 0 unspecified atom stereocenters. The first kappa shape index (κ1) is 23.8. The Labute approximate surface area is 204 Å². The maximum absolute atomic E-state index is 12.8. The highest BCUT2D eigenvalue weighted by Gasteiger charge is 2.17. The van der Waals surface area contributed by atoms with Crippen LogP contribution in [-0.4, -0.2) is 21.4 Å². The van der Waals surface area contributed by atoms with Crippen molar-refractivity contribution in [1.82, 2.24) is 0 Å². The molecule has 8 heteroatoms. The Morgan fingerprint density at radius 2 is 1.34 bits per heavy atom. The fraction of sp³-hybridized carbons (Fsp3) is 0.0741. The third-order valence-electron chi connectivity index (χ3n) is 5.15. The molecule has 7 nitrogen and oxygen atoms in total. The highest BCUT2D eigenvalue weighted by molar-refractivity contribution is 7.92. The normalized spacial score (nSPS) is 10.9. The molecule has 0 aromatic heterocycles. The highest BCUT2D eigenvalue weighted by atomic mass is 32.2. The minimum atomic E-state index is -3.87. The number of para-hydroxylation sites is 2. The predicted octanol–water partition coefficient (Wildman–Crippen LogP) is 5.33. The van der Waals surface area contributed by atoms with E-state index in [1.54, 1.807) is 60.7 Å². The summed E-state index contributed by atoms with van der Waals surface area (Å²) in [6.07, 6.45) is 0. The molecule has 0 radical (unpaired) electrons. The molecule has 0 heterocycles. The standard InChI is InChI=1S/C27H24N2O5S/c1-33-22-15-17-24(18-16-22)35(31,32)29-26-10-6-5-9-25(26)28-27(30)21-11-13-23(14-12-21)34-19-20-7-3-2-4-8-20/h2-18,29H,19H2,1H3,(H,28,30). The van der Waals surface area contributed by atoms with E-state index >= 15 is 0 Å². The van der Waals surface area contributed by atoms with E-state index < -0.39 is 10.0 Å². The Bertz CT molecular complexity index is 1390. The molecule has 178 valence electrons. The summed E-state index contributed by atoms with van der Waals surface area (Å²) >= 11 is 0. The first-order valence-electron chi connectivity index (χ1n) is 10.8. The molecular formula is C27H24N2O5S. The molecule has 4 aromatic carbocycles. The van der Waals surface area contributed by atoms with E-state index in [0.29, 0.717) is 29.4 Å². The number of amides is 1. The fourth-order valence-corrected chi connectivity index (χ4v) is 4.36. The van der Waals surface area contributed by atoms with Crippen LogP contribution in [-0.2, 0) is 16.6 Å². The van der Waals surface area contributed by atoms with Crippen molar-refractivity contribution in [2.24, 2.45) is 0 Å². The van der Waals surface area contributed by atoms with Gasteiger partial charge in [0.15, 0.2) is 0 Å². The van der Waals surface area contributed by atoms with Crippen molar-refractivity contribution in [2.75, 3.05) is 17.1 Å². The number of hydrogen-bond acceptors (Lipinski definition) is 5. The molecule has 0 bridgehead atoms. The second kappa shape index (κ2) is 10.8. The quantitative estimate of drug-likeness (QED) is 0.332. The number of sulfonamides is 1. The van der Waals surface area contributed by atoms with Crippen LogP contribution in [0.1, 0.15) is 15.9 Å². The van der Waals surface area contributed by atoms with E-state index in [1.165, 1.54) is 19.2 Å². The molecule has 1 amide bonds. The van der Waals surface area contributed by atoms with Crippen molar-refractivity contribution in [3.05, 3.63) is 114 Å². The summed E-state index contributed by atoms with van der Waals surface area (Å²) in [7, 11) is -2.36. The Morgan fingerprint density at radius 3 is 2.00 bits per heavy atom. The minimum absolute atomic E-state index is 0.0746. The van der Waals surface area contributed by atoms with Gasteiger partial charge in [-0.2, -0.15) is 0 Å². The number of carbonyl (C=O) groups is 1. The van der Waals surface area contributed by atoms with E-state index in [4.69, 9.17) is 9.47 Å². The molecule has 0 spiro atoms. The number of rotatable bonds is 9. The van der Waals surface area contributed by atoms with Crippen molar-refractivity contribution in [3.63, 3.8) is 0 Å². The van der Waals surface area contributed by atoms with Crippen LogP contribution in [0.25, 0.3) is 0 Å².